The molecule has 4 rings (SSSR count). The molecular weight excluding hydrogens is 429 g/mol. The first-order valence-electron chi connectivity index (χ1n) is 10.8. The summed E-state index contributed by atoms with van der Waals surface area (Å²) >= 11 is 0. The molecule has 9 heteroatoms. The van der Waals surface area contributed by atoms with Gasteiger partial charge in [0.25, 0.3) is 0 Å². The predicted molar refractivity (Wildman–Crippen MR) is 115 cm³/mol. The molecule has 3 amide bonds. The summed E-state index contributed by atoms with van der Waals surface area (Å²) in [5.74, 6) is -1.79. The second kappa shape index (κ2) is 9.76. The van der Waals surface area contributed by atoms with Gasteiger partial charge in [-0.2, -0.15) is 0 Å². The number of rotatable bonds is 7. The van der Waals surface area contributed by atoms with Crippen LogP contribution in [0.1, 0.15) is 24.0 Å². The van der Waals surface area contributed by atoms with Gasteiger partial charge in [-0.15, -0.1) is 0 Å². The molecule has 2 saturated heterocycles. The number of benzene rings is 1. The van der Waals surface area contributed by atoms with Crippen LogP contribution in [0.5, 0.6) is 0 Å². The number of nitrogens with zero attached hydrogens (tertiary/aromatic N) is 3. The number of likely N-dealkylation sites (tertiary alicyclic amines) is 1. The third-order valence-corrected chi connectivity index (χ3v) is 6.09. The Morgan fingerprint density at radius 1 is 1.27 bits per heavy atom. The first-order chi connectivity index (χ1) is 15.9. The highest BCUT2D eigenvalue weighted by molar-refractivity contribution is 6.10. The highest BCUT2D eigenvalue weighted by atomic mass is 19.1. The number of halogens is 1. The molecule has 1 aromatic carbocycles. The molecule has 0 saturated carbocycles. The smallest absolute Gasteiger partial charge is 0.241 e. The number of hydrogen-bond acceptors (Lipinski definition) is 6. The Bertz CT molecular complexity index is 1030. The maximum absolute atomic E-state index is 14.1. The van der Waals surface area contributed by atoms with E-state index in [2.05, 4.69) is 4.98 Å². The van der Waals surface area contributed by atoms with Gasteiger partial charge in [-0.3, -0.25) is 24.3 Å². The van der Waals surface area contributed by atoms with Crippen molar-refractivity contribution in [3.05, 3.63) is 65.7 Å². The number of carbonyl (C=O) groups is 3. The predicted octanol–water partition coefficient (Wildman–Crippen LogP) is 1.68. The second-order valence-corrected chi connectivity index (χ2v) is 8.43. The van der Waals surface area contributed by atoms with Crippen molar-refractivity contribution in [3.63, 3.8) is 0 Å². The maximum atomic E-state index is 14.1. The number of amides is 3. The number of carbonyl (C=O) groups excluding carboxylic acids is 3. The van der Waals surface area contributed by atoms with Crippen molar-refractivity contribution in [3.8, 4) is 0 Å². The summed E-state index contributed by atoms with van der Waals surface area (Å²) in [5.41, 5.74) is -0.475. The molecule has 8 nitrogen and oxygen atoms in total. The van der Waals surface area contributed by atoms with Crippen molar-refractivity contribution in [2.24, 2.45) is 0 Å². The van der Waals surface area contributed by atoms with E-state index < -0.39 is 23.0 Å². The Hall–Kier alpha value is -3.17. The molecule has 0 spiro atoms. The molecule has 174 valence electrons. The van der Waals surface area contributed by atoms with Gasteiger partial charge in [0.1, 0.15) is 5.82 Å². The normalized spacial score (nSPS) is 23.1. The lowest BCUT2D eigenvalue weighted by Crippen LogP contribution is -2.45. The number of ether oxygens (including phenoxy) is 2. The SMILES string of the molecule is CN(C[C@H]1COCCO1)C(=O)C[C@]1(c2cccc(F)c2)CC(=O)N(Cc2cccnc2)C1=O. The van der Waals surface area contributed by atoms with Crippen LogP contribution in [0.4, 0.5) is 4.39 Å². The van der Waals surface area contributed by atoms with Crippen molar-refractivity contribution < 1.29 is 28.2 Å². The van der Waals surface area contributed by atoms with E-state index in [-0.39, 0.29) is 31.4 Å². The van der Waals surface area contributed by atoms with Crippen molar-refractivity contribution in [2.45, 2.75) is 30.9 Å². The van der Waals surface area contributed by atoms with Gasteiger partial charge in [0.2, 0.25) is 17.7 Å². The van der Waals surface area contributed by atoms with Gasteiger partial charge in [-0.1, -0.05) is 18.2 Å². The zero-order valence-electron chi connectivity index (χ0n) is 18.4. The minimum atomic E-state index is -1.48. The zero-order chi connectivity index (χ0) is 23.4. The topological polar surface area (TPSA) is 89.0 Å². The third kappa shape index (κ3) is 4.94. The minimum Gasteiger partial charge on any atom is -0.376 e. The van der Waals surface area contributed by atoms with E-state index in [1.165, 1.54) is 23.1 Å². The maximum Gasteiger partial charge on any atom is 0.241 e. The Morgan fingerprint density at radius 3 is 2.82 bits per heavy atom. The molecule has 1 aromatic heterocycles. The Kier molecular flexibility index (Phi) is 6.80. The molecule has 0 bridgehead atoms. The quantitative estimate of drug-likeness (QED) is 0.591. The molecule has 0 aliphatic carbocycles. The van der Waals surface area contributed by atoms with E-state index in [1.54, 1.807) is 37.6 Å². The summed E-state index contributed by atoms with van der Waals surface area (Å²) in [4.78, 5) is 46.4. The molecule has 2 fully saturated rings. The summed E-state index contributed by atoms with van der Waals surface area (Å²) in [5, 5.41) is 0. The van der Waals surface area contributed by atoms with Gasteiger partial charge in [0.15, 0.2) is 0 Å². The van der Waals surface area contributed by atoms with E-state index in [1.807, 2.05) is 0 Å². The van der Waals surface area contributed by atoms with Crippen LogP contribution in [0.3, 0.4) is 0 Å². The number of hydrogen-bond donors (Lipinski definition) is 0. The van der Waals surface area contributed by atoms with Gasteiger partial charge >= 0.3 is 0 Å². The molecule has 3 heterocycles. The summed E-state index contributed by atoms with van der Waals surface area (Å²) in [6.45, 7) is 1.68. The molecule has 33 heavy (non-hydrogen) atoms. The molecule has 0 radical (unpaired) electrons. The van der Waals surface area contributed by atoms with Crippen LogP contribution >= 0.6 is 0 Å². The molecule has 2 aromatic rings. The first kappa shape index (κ1) is 23.0. The van der Waals surface area contributed by atoms with Gasteiger partial charge in [0.05, 0.1) is 37.9 Å². The Labute approximate surface area is 191 Å². The summed E-state index contributed by atoms with van der Waals surface area (Å²) in [6, 6.07) is 9.05. The first-order valence-corrected chi connectivity index (χ1v) is 10.8. The fourth-order valence-corrected chi connectivity index (χ4v) is 4.33. The van der Waals surface area contributed by atoms with Gasteiger partial charge < -0.3 is 14.4 Å². The van der Waals surface area contributed by atoms with Crippen LogP contribution in [-0.4, -0.2) is 72.0 Å². The molecule has 0 N–H and O–H groups in total. The lowest BCUT2D eigenvalue weighted by Gasteiger charge is -2.31. The molecule has 2 atom stereocenters. The highest BCUT2D eigenvalue weighted by Crippen LogP contribution is 2.41. The fourth-order valence-electron chi connectivity index (χ4n) is 4.33. The lowest BCUT2D eigenvalue weighted by molar-refractivity contribution is -0.144. The van der Waals surface area contributed by atoms with Crippen LogP contribution in [0.15, 0.2) is 48.8 Å². The van der Waals surface area contributed by atoms with Gasteiger partial charge in [-0.25, -0.2) is 4.39 Å². The number of pyridine rings is 1. The average molecular weight is 455 g/mol. The van der Waals surface area contributed by atoms with Crippen molar-refractivity contribution in [2.75, 3.05) is 33.4 Å². The van der Waals surface area contributed by atoms with E-state index in [9.17, 15) is 18.8 Å². The monoisotopic (exact) mass is 455 g/mol. The largest absolute Gasteiger partial charge is 0.376 e. The zero-order valence-corrected chi connectivity index (χ0v) is 18.4. The number of likely N-dealkylation sites (N-methyl/N-ethyl adjacent to an activating group) is 1. The fraction of sp³-hybridized carbons (Fsp3) is 0.417. The van der Waals surface area contributed by atoms with E-state index in [0.717, 1.165) is 4.90 Å². The van der Waals surface area contributed by atoms with Crippen molar-refractivity contribution in [1.29, 1.82) is 0 Å². The van der Waals surface area contributed by atoms with E-state index >= 15 is 0 Å². The lowest BCUT2D eigenvalue weighted by atomic mass is 9.75. The molecular formula is C24H26FN3O5. The molecule has 0 unspecified atom stereocenters. The van der Waals surface area contributed by atoms with Crippen LogP contribution in [-0.2, 0) is 35.8 Å². The van der Waals surface area contributed by atoms with E-state index in [4.69, 9.17) is 9.47 Å². The van der Waals surface area contributed by atoms with Crippen LogP contribution in [0.25, 0.3) is 0 Å². The molecule has 2 aliphatic heterocycles. The number of imide groups is 1. The average Bonchev–Trinajstić information content (AvgIpc) is 3.05. The standard InChI is InChI=1S/C24H26FN3O5/c1-27(15-20-16-32-8-9-33-20)21(29)11-24(18-5-2-6-19(25)10-18)12-22(30)28(23(24)31)14-17-4-3-7-26-13-17/h2-7,10,13,20H,8-9,11-12,14-16H2,1H3/t20-,24+/m0/s1. The van der Waals surface area contributed by atoms with Crippen LogP contribution in [0.2, 0.25) is 0 Å². The summed E-state index contributed by atoms with van der Waals surface area (Å²) in [7, 11) is 1.62. The second-order valence-electron chi connectivity index (χ2n) is 8.43. The van der Waals surface area contributed by atoms with Crippen LogP contribution < -0.4 is 0 Å². The highest BCUT2D eigenvalue weighted by Gasteiger charge is 2.54. The summed E-state index contributed by atoms with van der Waals surface area (Å²) < 4.78 is 25.1. The van der Waals surface area contributed by atoms with Crippen molar-refractivity contribution in [1.82, 2.24) is 14.8 Å². The summed E-state index contributed by atoms with van der Waals surface area (Å²) in [6.07, 6.45) is 2.45. The minimum absolute atomic E-state index is 0.0415. The van der Waals surface area contributed by atoms with Gasteiger partial charge in [0, 0.05) is 38.8 Å². The van der Waals surface area contributed by atoms with Crippen molar-refractivity contribution >= 4 is 17.7 Å². The number of aromatic nitrogens is 1. The van der Waals surface area contributed by atoms with Gasteiger partial charge in [-0.05, 0) is 29.3 Å². The Morgan fingerprint density at radius 2 is 2.12 bits per heavy atom. The molecule has 2 aliphatic rings. The third-order valence-electron chi connectivity index (χ3n) is 6.09. The van der Waals surface area contributed by atoms with Crippen LogP contribution in [0, 0.1) is 5.82 Å². The van der Waals surface area contributed by atoms with E-state index in [0.29, 0.717) is 37.5 Å². The Balaban J connectivity index is 1.60.